The quantitative estimate of drug-likeness (QED) is 0.864. The molecular formula is C16H32ClN3O. The Bertz CT molecular complexity index is 338. The van der Waals surface area contributed by atoms with E-state index in [9.17, 15) is 4.79 Å². The zero-order valence-corrected chi connectivity index (χ0v) is 14.8. The van der Waals surface area contributed by atoms with Crippen LogP contribution in [-0.4, -0.2) is 61.0 Å². The molecule has 124 valence electrons. The van der Waals surface area contributed by atoms with Crippen LogP contribution in [0.15, 0.2) is 0 Å². The minimum absolute atomic E-state index is 0. The third-order valence-corrected chi connectivity index (χ3v) is 4.68. The topological polar surface area (TPSA) is 35.6 Å². The summed E-state index contributed by atoms with van der Waals surface area (Å²) in [4.78, 5) is 17.3. The van der Waals surface area contributed by atoms with Crippen LogP contribution in [-0.2, 0) is 4.79 Å². The van der Waals surface area contributed by atoms with Gasteiger partial charge < -0.3 is 10.2 Å². The summed E-state index contributed by atoms with van der Waals surface area (Å²) in [6.45, 7) is 14.9. The predicted octanol–water partition coefficient (Wildman–Crippen LogP) is 1.99. The second kappa shape index (κ2) is 7.80. The number of amides is 1. The fourth-order valence-electron chi connectivity index (χ4n) is 3.48. The summed E-state index contributed by atoms with van der Waals surface area (Å²) < 4.78 is 0. The first-order chi connectivity index (χ1) is 9.40. The number of rotatable bonds is 3. The molecule has 0 aromatic heterocycles. The molecule has 0 bridgehead atoms. The Hall–Kier alpha value is -0.320. The minimum Gasteiger partial charge on any atom is -0.339 e. The monoisotopic (exact) mass is 317 g/mol. The van der Waals surface area contributed by atoms with E-state index in [1.807, 2.05) is 0 Å². The predicted molar refractivity (Wildman–Crippen MR) is 89.9 cm³/mol. The third-order valence-electron chi connectivity index (χ3n) is 4.68. The van der Waals surface area contributed by atoms with Gasteiger partial charge in [0.2, 0.25) is 5.91 Å². The van der Waals surface area contributed by atoms with Crippen LogP contribution in [0.1, 0.15) is 40.5 Å². The number of hydrogen-bond acceptors (Lipinski definition) is 3. The van der Waals surface area contributed by atoms with E-state index in [1.165, 1.54) is 6.42 Å². The molecule has 1 amide bonds. The Morgan fingerprint density at radius 1 is 1.24 bits per heavy atom. The number of nitrogens with zero attached hydrogens (tertiary/aromatic N) is 2. The number of piperazine rings is 1. The van der Waals surface area contributed by atoms with Gasteiger partial charge in [0, 0.05) is 32.7 Å². The Morgan fingerprint density at radius 3 is 2.38 bits per heavy atom. The fourth-order valence-corrected chi connectivity index (χ4v) is 3.48. The Balaban J connectivity index is 0.00000220. The Morgan fingerprint density at radius 2 is 1.86 bits per heavy atom. The lowest BCUT2D eigenvalue weighted by Gasteiger charge is -2.43. The first-order valence-corrected chi connectivity index (χ1v) is 8.14. The summed E-state index contributed by atoms with van der Waals surface area (Å²) in [5.41, 5.74) is 0.0877. The van der Waals surface area contributed by atoms with Crippen LogP contribution >= 0.6 is 12.4 Å². The standard InChI is InChI=1S/C16H31N3O.ClH/c1-13(2)12-18-8-10-19(11-9-18)15(20)14-16(3,4)6-5-7-17-14;/h13-14,17H,5-12H2,1-4H3;1H. The van der Waals surface area contributed by atoms with Gasteiger partial charge in [0.1, 0.15) is 0 Å². The lowest BCUT2D eigenvalue weighted by atomic mass is 9.77. The van der Waals surface area contributed by atoms with Crippen molar-refractivity contribution in [3.63, 3.8) is 0 Å². The third kappa shape index (κ3) is 4.83. The van der Waals surface area contributed by atoms with Crippen molar-refractivity contribution in [1.82, 2.24) is 15.1 Å². The minimum atomic E-state index is 0. The Kier molecular flexibility index (Phi) is 6.95. The maximum absolute atomic E-state index is 12.7. The molecule has 2 aliphatic rings. The van der Waals surface area contributed by atoms with Gasteiger partial charge in [-0.15, -0.1) is 12.4 Å². The normalized spacial score (nSPS) is 26.5. The number of halogens is 1. The molecular weight excluding hydrogens is 286 g/mol. The van der Waals surface area contributed by atoms with E-state index in [0.717, 1.165) is 45.7 Å². The molecule has 0 spiro atoms. The first-order valence-electron chi connectivity index (χ1n) is 8.14. The summed E-state index contributed by atoms with van der Waals surface area (Å²) in [6, 6.07) is 0.00731. The van der Waals surface area contributed by atoms with Crippen LogP contribution in [0.5, 0.6) is 0 Å². The van der Waals surface area contributed by atoms with Gasteiger partial charge in [0.15, 0.2) is 0 Å². The van der Waals surface area contributed by atoms with Crippen LogP contribution in [0, 0.1) is 11.3 Å². The average Bonchev–Trinajstić information content (AvgIpc) is 2.37. The number of carbonyl (C=O) groups is 1. The number of hydrogen-bond donors (Lipinski definition) is 1. The molecule has 0 aromatic carbocycles. The van der Waals surface area contributed by atoms with Crippen LogP contribution in [0.2, 0.25) is 0 Å². The van der Waals surface area contributed by atoms with Gasteiger partial charge in [0.05, 0.1) is 6.04 Å². The zero-order chi connectivity index (χ0) is 14.8. The summed E-state index contributed by atoms with van der Waals surface area (Å²) >= 11 is 0. The molecule has 1 N–H and O–H groups in total. The van der Waals surface area contributed by atoms with Crippen molar-refractivity contribution in [3.8, 4) is 0 Å². The lowest BCUT2D eigenvalue weighted by molar-refractivity contribution is -0.139. The van der Waals surface area contributed by atoms with Crippen LogP contribution in [0.4, 0.5) is 0 Å². The highest BCUT2D eigenvalue weighted by Gasteiger charge is 2.39. The maximum Gasteiger partial charge on any atom is 0.240 e. The van der Waals surface area contributed by atoms with Crippen molar-refractivity contribution in [1.29, 1.82) is 0 Å². The number of piperidine rings is 1. The van der Waals surface area contributed by atoms with Crippen LogP contribution in [0.3, 0.4) is 0 Å². The highest BCUT2D eigenvalue weighted by Crippen LogP contribution is 2.31. The second-order valence-electron chi connectivity index (χ2n) is 7.50. The van der Waals surface area contributed by atoms with Gasteiger partial charge in [-0.25, -0.2) is 0 Å². The van der Waals surface area contributed by atoms with E-state index >= 15 is 0 Å². The SMILES string of the molecule is CC(C)CN1CCN(C(=O)C2NCCCC2(C)C)CC1.Cl. The molecule has 2 fully saturated rings. The van der Waals surface area contributed by atoms with Crippen molar-refractivity contribution in [2.75, 3.05) is 39.3 Å². The van der Waals surface area contributed by atoms with Gasteiger partial charge >= 0.3 is 0 Å². The molecule has 4 nitrogen and oxygen atoms in total. The molecule has 0 aliphatic carbocycles. The molecule has 2 aliphatic heterocycles. The molecule has 5 heteroatoms. The largest absolute Gasteiger partial charge is 0.339 e. The molecule has 0 radical (unpaired) electrons. The molecule has 1 atom stereocenters. The van der Waals surface area contributed by atoms with Crippen molar-refractivity contribution in [2.24, 2.45) is 11.3 Å². The highest BCUT2D eigenvalue weighted by atomic mass is 35.5. The summed E-state index contributed by atoms with van der Waals surface area (Å²) in [5.74, 6) is 1.02. The maximum atomic E-state index is 12.7. The van der Waals surface area contributed by atoms with Crippen molar-refractivity contribution >= 4 is 18.3 Å². The molecule has 2 rings (SSSR count). The zero-order valence-electron chi connectivity index (χ0n) is 14.0. The molecule has 21 heavy (non-hydrogen) atoms. The van der Waals surface area contributed by atoms with Crippen molar-refractivity contribution in [2.45, 2.75) is 46.6 Å². The molecule has 0 saturated carbocycles. The van der Waals surface area contributed by atoms with E-state index in [-0.39, 0.29) is 23.9 Å². The summed E-state index contributed by atoms with van der Waals surface area (Å²) in [7, 11) is 0. The first kappa shape index (κ1) is 18.7. The number of carbonyl (C=O) groups excluding carboxylic acids is 1. The highest BCUT2D eigenvalue weighted by molar-refractivity contribution is 5.85. The molecule has 1 unspecified atom stereocenters. The van der Waals surface area contributed by atoms with Gasteiger partial charge in [-0.2, -0.15) is 0 Å². The van der Waals surface area contributed by atoms with E-state index in [1.54, 1.807) is 0 Å². The van der Waals surface area contributed by atoms with E-state index in [0.29, 0.717) is 11.8 Å². The van der Waals surface area contributed by atoms with Crippen molar-refractivity contribution < 1.29 is 4.79 Å². The van der Waals surface area contributed by atoms with E-state index in [2.05, 4.69) is 42.8 Å². The lowest BCUT2D eigenvalue weighted by Crippen LogP contribution is -2.59. The second-order valence-corrected chi connectivity index (χ2v) is 7.50. The molecule has 0 aromatic rings. The van der Waals surface area contributed by atoms with Crippen LogP contribution < -0.4 is 5.32 Å². The van der Waals surface area contributed by atoms with Crippen molar-refractivity contribution in [3.05, 3.63) is 0 Å². The number of nitrogens with one attached hydrogen (secondary N) is 1. The fraction of sp³-hybridized carbons (Fsp3) is 0.938. The molecule has 2 heterocycles. The van der Waals surface area contributed by atoms with Gasteiger partial charge in [0.25, 0.3) is 0 Å². The van der Waals surface area contributed by atoms with Crippen LogP contribution in [0.25, 0.3) is 0 Å². The van der Waals surface area contributed by atoms with E-state index < -0.39 is 0 Å². The summed E-state index contributed by atoms with van der Waals surface area (Å²) in [6.07, 6.45) is 2.32. The summed E-state index contributed by atoms with van der Waals surface area (Å²) in [5, 5.41) is 3.45. The van der Waals surface area contributed by atoms with Gasteiger partial charge in [-0.3, -0.25) is 9.69 Å². The van der Waals surface area contributed by atoms with Gasteiger partial charge in [-0.1, -0.05) is 27.7 Å². The van der Waals surface area contributed by atoms with E-state index in [4.69, 9.17) is 0 Å². The molecule has 2 saturated heterocycles. The average molecular weight is 318 g/mol. The Labute approximate surface area is 136 Å². The smallest absolute Gasteiger partial charge is 0.240 e. The van der Waals surface area contributed by atoms with Gasteiger partial charge in [-0.05, 0) is 30.7 Å².